The Morgan fingerprint density at radius 1 is 1.38 bits per heavy atom. The van der Waals surface area contributed by atoms with Gasteiger partial charge >= 0.3 is 0 Å². The molecule has 21 heavy (non-hydrogen) atoms. The molecule has 1 aliphatic carbocycles. The monoisotopic (exact) mass is 286 g/mol. The number of carbonyl (C=O) groups is 1. The van der Waals surface area contributed by atoms with Crippen molar-refractivity contribution >= 4 is 12.1 Å². The molecule has 2 rings (SSSR count). The van der Waals surface area contributed by atoms with Gasteiger partial charge < -0.3 is 4.74 Å². The summed E-state index contributed by atoms with van der Waals surface area (Å²) in [5.74, 6) is 0.890. The van der Waals surface area contributed by atoms with E-state index in [9.17, 15) is 4.79 Å². The van der Waals surface area contributed by atoms with Gasteiger partial charge in [-0.05, 0) is 62.3 Å². The van der Waals surface area contributed by atoms with Crippen molar-refractivity contribution in [1.82, 2.24) is 5.43 Å². The smallest absolute Gasteiger partial charge is 0.277 e. The molecule has 1 aromatic rings. The van der Waals surface area contributed by atoms with Crippen molar-refractivity contribution < 1.29 is 9.53 Å². The molecule has 0 radical (unpaired) electrons. The van der Waals surface area contributed by atoms with Gasteiger partial charge in [-0.25, -0.2) is 5.43 Å². The number of carbonyl (C=O) groups excluding carboxylic acids is 1. The highest BCUT2D eigenvalue weighted by Crippen LogP contribution is 2.16. The summed E-state index contributed by atoms with van der Waals surface area (Å²) in [5, 5.41) is 4.00. The zero-order valence-electron chi connectivity index (χ0n) is 12.6. The third kappa shape index (κ3) is 5.06. The van der Waals surface area contributed by atoms with E-state index in [4.69, 9.17) is 4.74 Å². The van der Waals surface area contributed by atoms with Crippen molar-refractivity contribution in [2.24, 2.45) is 11.0 Å². The van der Waals surface area contributed by atoms with Gasteiger partial charge in [-0.15, -0.1) is 0 Å². The van der Waals surface area contributed by atoms with Gasteiger partial charge in [0.1, 0.15) is 5.75 Å². The molecule has 0 bridgehead atoms. The summed E-state index contributed by atoms with van der Waals surface area (Å²) < 4.78 is 5.45. The minimum atomic E-state index is -0.240. The minimum absolute atomic E-state index is 0.0234. The average molecular weight is 286 g/mol. The van der Waals surface area contributed by atoms with Crippen molar-refractivity contribution in [3.8, 4) is 5.75 Å². The fourth-order valence-corrected chi connectivity index (χ4v) is 2.15. The second kappa shape index (κ2) is 7.62. The van der Waals surface area contributed by atoms with E-state index >= 15 is 0 Å². The molecule has 0 spiro atoms. The van der Waals surface area contributed by atoms with E-state index in [0.717, 1.165) is 24.8 Å². The number of nitrogens with one attached hydrogen (secondary N) is 1. The quantitative estimate of drug-likeness (QED) is 0.513. The van der Waals surface area contributed by atoms with Crippen LogP contribution in [0.2, 0.25) is 0 Å². The molecule has 1 amide bonds. The highest BCUT2D eigenvalue weighted by Gasteiger charge is 2.07. The van der Waals surface area contributed by atoms with Crippen molar-refractivity contribution in [2.45, 2.75) is 33.1 Å². The summed E-state index contributed by atoms with van der Waals surface area (Å²) in [6.07, 6.45) is 9.33. The Morgan fingerprint density at radius 3 is 2.95 bits per heavy atom. The van der Waals surface area contributed by atoms with Gasteiger partial charge in [-0.3, -0.25) is 4.79 Å². The van der Waals surface area contributed by atoms with Crippen LogP contribution >= 0.6 is 0 Å². The topological polar surface area (TPSA) is 50.7 Å². The van der Waals surface area contributed by atoms with Crippen molar-refractivity contribution in [1.29, 1.82) is 0 Å². The average Bonchev–Trinajstić information content (AvgIpc) is 2.49. The highest BCUT2D eigenvalue weighted by molar-refractivity contribution is 5.78. The lowest BCUT2D eigenvalue weighted by Crippen LogP contribution is -2.25. The Labute approximate surface area is 125 Å². The number of hydrogen-bond donors (Lipinski definition) is 1. The fourth-order valence-electron chi connectivity index (χ4n) is 2.15. The highest BCUT2D eigenvalue weighted by atomic mass is 16.5. The molecular formula is C17H22N2O2. The molecule has 0 heterocycles. The predicted molar refractivity (Wildman–Crippen MR) is 84.5 cm³/mol. The number of ether oxygens (including phenoxy) is 1. The van der Waals surface area contributed by atoms with Crippen molar-refractivity contribution in [3.63, 3.8) is 0 Å². The van der Waals surface area contributed by atoms with Gasteiger partial charge in [0.15, 0.2) is 6.61 Å². The number of hydrogen-bond acceptors (Lipinski definition) is 3. The molecule has 0 saturated carbocycles. The van der Waals surface area contributed by atoms with E-state index in [1.165, 1.54) is 5.56 Å². The number of benzene rings is 1. The lowest BCUT2D eigenvalue weighted by Gasteiger charge is -2.11. The van der Waals surface area contributed by atoms with Gasteiger partial charge in [-0.2, -0.15) is 5.10 Å². The zero-order valence-corrected chi connectivity index (χ0v) is 12.6. The standard InChI is InChI=1S/C17H22N2O2/c1-13-8-9-16(10-14(13)2)21-12-17(20)19-18-11-15-6-4-3-5-7-15/h3-4,8-11,15H,5-7,12H2,1-2H3,(H,19,20). The molecule has 0 saturated heterocycles. The van der Waals surface area contributed by atoms with Crippen LogP contribution in [-0.4, -0.2) is 18.7 Å². The Bertz CT molecular complexity index is 550. The number of amides is 1. The summed E-state index contributed by atoms with van der Waals surface area (Å²) in [6.45, 7) is 4.04. The zero-order chi connectivity index (χ0) is 15.1. The van der Waals surface area contributed by atoms with Crippen LogP contribution in [0.4, 0.5) is 0 Å². The summed E-state index contributed by atoms with van der Waals surface area (Å²) in [5.41, 5.74) is 4.86. The largest absolute Gasteiger partial charge is 0.484 e. The number of rotatable bonds is 5. The predicted octanol–water partition coefficient (Wildman–Crippen LogP) is 3.14. The Hall–Kier alpha value is -2.10. The third-order valence-electron chi connectivity index (χ3n) is 3.63. The first-order valence-electron chi connectivity index (χ1n) is 7.32. The molecular weight excluding hydrogens is 264 g/mol. The van der Waals surface area contributed by atoms with E-state index in [1.54, 1.807) is 0 Å². The number of aryl methyl sites for hydroxylation is 2. The van der Waals surface area contributed by atoms with Gasteiger partial charge in [0.05, 0.1) is 0 Å². The Balaban J connectivity index is 1.73. The third-order valence-corrected chi connectivity index (χ3v) is 3.63. The molecule has 4 nitrogen and oxygen atoms in total. The molecule has 0 aromatic heterocycles. The molecule has 0 aliphatic heterocycles. The van der Waals surface area contributed by atoms with E-state index in [1.807, 2.05) is 38.3 Å². The summed E-state index contributed by atoms with van der Waals surface area (Å²) in [6, 6.07) is 5.78. The van der Waals surface area contributed by atoms with Gasteiger partial charge in [-0.1, -0.05) is 18.2 Å². The SMILES string of the molecule is Cc1ccc(OCC(=O)NN=CC2CC=CCC2)cc1C. The maximum atomic E-state index is 11.6. The van der Waals surface area contributed by atoms with Crippen LogP contribution in [0.25, 0.3) is 0 Å². The number of allylic oxidation sites excluding steroid dienone is 2. The molecule has 1 unspecified atom stereocenters. The fraction of sp³-hybridized carbons (Fsp3) is 0.412. The molecule has 0 fully saturated rings. The van der Waals surface area contributed by atoms with Crippen molar-refractivity contribution in [2.75, 3.05) is 6.61 Å². The van der Waals surface area contributed by atoms with Crippen molar-refractivity contribution in [3.05, 3.63) is 41.5 Å². The first kappa shape index (κ1) is 15.3. The van der Waals surface area contributed by atoms with E-state index in [-0.39, 0.29) is 12.5 Å². The second-order valence-corrected chi connectivity index (χ2v) is 5.39. The number of hydrazone groups is 1. The first-order chi connectivity index (χ1) is 10.1. The van der Waals surface area contributed by atoms with Gasteiger partial charge in [0.25, 0.3) is 5.91 Å². The molecule has 1 aliphatic rings. The molecule has 1 N–H and O–H groups in total. The molecule has 1 aromatic carbocycles. The van der Waals surface area contributed by atoms with E-state index in [2.05, 4.69) is 22.7 Å². The summed E-state index contributed by atoms with van der Waals surface area (Å²) >= 11 is 0. The van der Waals surface area contributed by atoms with Crippen LogP contribution < -0.4 is 10.2 Å². The van der Waals surface area contributed by atoms with Crippen LogP contribution in [0.15, 0.2) is 35.5 Å². The second-order valence-electron chi connectivity index (χ2n) is 5.39. The van der Waals surface area contributed by atoms with Crippen LogP contribution in [0.3, 0.4) is 0 Å². The summed E-state index contributed by atoms with van der Waals surface area (Å²) in [7, 11) is 0. The Morgan fingerprint density at radius 2 is 2.24 bits per heavy atom. The van der Waals surface area contributed by atoms with E-state index < -0.39 is 0 Å². The molecule has 1 atom stereocenters. The van der Waals surface area contributed by atoms with Gasteiger partial charge in [0, 0.05) is 6.21 Å². The number of nitrogens with zero attached hydrogens (tertiary/aromatic N) is 1. The lowest BCUT2D eigenvalue weighted by molar-refractivity contribution is -0.123. The van der Waals surface area contributed by atoms with E-state index in [0.29, 0.717) is 11.7 Å². The first-order valence-corrected chi connectivity index (χ1v) is 7.32. The molecule has 112 valence electrons. The minimum Gasteiger partial charge on any atom is -0.484 e. The van der Waals surface area contributed by atoms with Crippen LogP contribution in [0.1, 0.15) is 30.4 Å². The van der Waals surface area contributed by atoms with Gasteiger partial charge in [0.2, 0.25) is 0 Å². The molecule has 4 heteroatoms. The lowest BCUT2D eigenvalue weighted by atomic mass is 9.96. The normalized spacial score (nSPS) is 17.9. The maximum absolute atomic E-state index is 11.6. The van der Waals surface area contributed by atoms with Crippen LogP contribution in [-0.2, 0) is 4.79 Å². The summed E-state index contributed by atoms with van der Waals surface area (Å²) in [4.78, 5) is 11.6. The Kier molecular flexibility index (Phi) is 5.55. The van der Waals surface area contributed by atoms with Crippen LogP contribution in [0.5, 0.6) is 5.75 Å². The maximum Gasteiger partial charge on any atom is 0.277 e. The van der Waals surface area contributed by atoms with Crippen LogP contribution in [0, 0.1) is 19.8 Å².